The summed E-state index contributed by atoms with van der Waals surface area (Å²) in [5.74, 6) is -0.635. The molecule has 0 bridgehead atoms. The minimum atomic E-state index is -2.05. The summed E-state index contributed by atoms with van der Waals surface area (Å²) in [5, 5.41) is 0.510. The van der Waals surface area contributed by atoms with E-state index in [4.69, 9.17) is 46.4 Å². The number of amides is 1. The normalized spacial score (nSPS) is 13.6. The number of para-hydroxylation sites is 1. The average Bonchev–Trinajstić information content (AvgIpc) is 2.43. The zero-order valence-electron chi connectivity index (χ0n) is 10.3. The Bertz CT molecular complexity index is 729. The summed E-state index contributed by atoms with van der Waals surface area (Å²) in [7, 11) is 0. The van der Waals surface area contributed by atoms with Crippen molar-refractivity contribution in [3.05, 3.63) is 47.5 Å². The zero-order chi connectivity index (χ0) is 15.2. The molecule has 0 saturated heterocycles. The van der Waals surface area contributed by atoms with Crippen LogP contribution in [0.15, 0.2) is 52.3 Å². The van der Waals surface area contributed by atoms with E-state index in [1.54, 1.807) is 30.0 Å². The largest absolute Gasteiger partial charge is 0.283 e. The fraction of sp³-hybridized carbons (Fsp3) is 0.0714. The highest BCUT2D eigenvalue weighted by Gasteiger charge is 2.39. The number of fused-ring (bicyclic) bond motifs is 2. The average molecular weight is 379 g/mol. The Balaban J connectivity index is 2.22. The van der Waals surface area contributed by atoms with Crippen molar-refractivity contribution in [1.29, 1.82) is 0 Å². The van der Waals surface area contributed by atoms with Gasteiger partial charge in [-0.1, -0.05) is 70.3 Å². The summed E-state index contributed by atoms with van der Waals surface area (Å²) >= 11 is 25.0. The minimum absolute atomic E-state index is 0.510. The molecule has 0 fully saturated rings. The number of hydrogen-bond donors (Lipinski definition) is 0. The minimum Gasteiger partial charge on any atom is -0.275 e. The lowest BCUT2D eigenvalue weighted by molar-refractivity contribution is -0.117. The zero-order valence-corrected chi connectivity index (χ0v) is 14.2. The van der Waals surface area contributed by atoms with Crippen molar-refractivity contribution < 1.29 is 4.79 Å². The molecule has 2 aromatic carbocycles. The first-order valence-electron chi connectivity index (χ1n) is 5.85. The van der Waals surface area contributed by atoms with Crippen LogP contribution in [0.5, 0.6) is 0 Å². The molecule has 0 aromatic heterocycles. The summed E-state index contributed by atoms with van der Waals surface area (Å²) in [4.78, 5) is 15.7. The molecule has 0 aliphatic carbocycles. The van der Waals surface area contributed by atoms with Gasteiger partial charge in [0.25, 0.3) is 9.70 Å². The first-order valence-corrected chi connectivity index (χ1v) is 8.18. The Labute approximate surface area is 145 Å². The molecule has 0 saturated carbocycles. The van der Waals surface area contributed by atoms with Crippen molar-refractivity contribution in [2.45, 2.75) is 13.6 Å². The van der Waals surface area contributed by atoms with Crippen LogP contribution in [0.1, 0.15) is 0 Å². The molecular formula is C14H7Cl4NOS. The van der Waals surface area contributed by atoms with Crippen LogP contribution in [0.2, 0.25) is 5.02 Å². The van der Waals surface area contributed by atoms with Gasteiger partial charge in [-0.15, -0.1) is 0 Å². The molecule has 2 nitrogen and oxygen atoms in total. The van der Waals surface area contributed by atoms with Gasteiger partial charge in [0.05, 0.1) is 11.4 Å². The van der Waals surface area contributed by atoms with Crippen molar-refractivity contribution >= 4 is 75.4 Å². The summed E-state index contributed by atoms with van der Waals surface area (Å²) < 4.78 is -2.05. The topological polar surface area (TPSA) is 20.3 Å². The fourth-order valence-corrected chi connectivity index (χ4v) is 3.53. The summed E-state index contributed by atoms with van der Waals surface area (Å²) in [5.41, 5.74) is 1.29. The van der Waals surface area contributed by atoms with Crippen LogP contribution in [0, 0.1) is 0 Å². The Morgan fingerprint density at radius 3 is 2.38 bits per heavy atom. The van der Waals surface area contributed by atoms with Gasteiger partial charge in [0.2, 0.25) is 0 Å². The van der Waals surface area contributed by atoms with E-state index in [0.717, 1.165) is 9.79 Å². The number of carbonyl (C=O) groups excluding carboxylic acids is 1. The molecule has 0 radical (unpaired) electrons. The van der Waals surface area contributed by atoms with Gasteiger partial charge in [0, 0.05) is 14.8 Å². The third kappa shape index (κ3) is 2.86. The number of hydrogen-bond acceptors (Lipinski definition) is 2. The van der Waals surface area contributed by atoms with Gasteiger partial charge >= 0.3 is 0 Å². The van der Waals surface area contributed by atoms with Crippen molar-refractivity contribution in [2.24, 2.45) is 0 Å². The molecule has 7 heteroatoms. The predicted molar refractivity (Wildman–Crippen MR) is 89.5 cm³/mol. The first-order chi connectivity index (χ1) is 9.88. The van der Waals surface area contributed by atoms with Crippen molar-refractivity contribution in [3.8, 4) is 0 Å². The third-order valence-corrected chi connectivity index (χ3v) is 4.78. The van der Waals surface area contributed by atoms with Crippen molar-refractivity contribution in [1.82, 2.24) is 0 Å². The maximum absolute atomic E-state index is 12.5. The molecule has 3 rings (SSSR count). The van der Waals surface area contributed by atoms with Crippen LogP contribution in [0.3, 0.4) is 0 Å². The van der Waals surface area contributed by atoms with Crippen LogP contribution < -0.4 is 4.90 Å². The van der Waals surface area contributed by atoms with E-state index >= 15 is 0 Å². The number of halogens is 4. The van der Waals surface area contributed by atoms with Crippen molar-refractivity contribution in [2.75, 3.05) is 4.90 Å². The van der Waals surface area contributed by atoms with Gasteiger partial charge in [-0.25, -0.2) is 0 Å². The number of alkyl halides is 3. The van der Waals surface area contributed by atoms with E-state index in [1.807, 2.05) is 24.3 Å². The second kappa shape index (κ2) is 5.56. The van der Waals surface area contributed by atoms with E-state index in [0.29, 0.717) is 16.4 Å². The van der Waals surface area contributed by atoms with Gasteiger partial charge < -0.3 is 0 Å². The monoisotopic (exact) mass is 377 g/mol. The fourth-order valence-electron chi connectivity index (χ4n) is 2.07. The lowest BCUT2D eigenvalue weighted by atomic mass is 10.2. The quantitative estimate of drug-likeness (QED) is 0.536. The molecule has 0 unspecified atom stereocenters. The van der Waals surface area contributed by atoms with Crippen molar-refractivity contribution in [3.63, 3.8) is 0 Å². The van der Waals surface area contributed by atoms with Gasteiger partial charge in [0.1, 0.15) is 0 Å². The molecule has 2 aromatic rings. The number of carbonyl (C=O) groups is 1. The highest BCUT2D eigenvalue weighted by Crippen LogP contribution is 2.50. The van der Waals surface area contributed by atoms with Gasteiger partial charge in [-0.2, -0.15) is 0 Å². The Morgan fingerprint density at radius 1 is 1.00 bits per heavy atom. The molecule has 0 atom stereocenters. The predicted octanol–water partition coefficient (Wildman–Crippen LogP) is 5.84. The van der Waals surface area contributed by atoms with E-state index in [9.17, 15) is 4.79 Å². The standard InChI is InChI=1S/C14H7Cl4NOS/c15-8-5-6-12-10(7-8)19(13(20)14(16,17)18)9-3-1-2-4-11(9)21-12/h1-7H. The number of rotatable bonds is 0. The molecule has 1 aliphatic heterocycles. The Hall–Kier alpha value is -0.580. The summed E-state index contributed by atoms with van der Waals surface area (Å²) in [6.07, 6.45) is 0. The van der Waals surface area contributed by atoms with Gasteiger partial charge in [-0.05, 0) is 30.3 Å². The smallest absolute Gasteiger partial charge is 0.275 e. The van der Waals surface area contributed by atoms with Crippen LogP contribution in [0.25, 0.3) is 0 Å². The van der Waals surface area contributed by atoms with E-state index in [-0.39, 0.29) is 0 Å². The van der Waals surface area contributed by atoms with Crippen LogP contribution in [-0.4, -0.2) is 9.70 Å². The SMILES string of the molecule is O=C(N1c2ccccc2Sc2ccc(Cl)cc21)C(Cl)(Cl)Cl. The Kier molecular flexibility index (Phi) is 4.06. The van der Waals surface area contributed by atoms with Crippen LogP contribution in [-0.2, 0) is 4.79 Å². The molecule has 0 spiro atoms. The maximum Gasteiger partial charge on any atom is 0.283 e. The molecular weight excluding hydrogens is 372 g/mol. The molecule has 1 aliphatic rings. The van der Waals surface area contributed by atoms with E-state index < -0.39 is 9.70 Å². The number of anilines is 2. The summed E-state index contributed by atoms with van der Waals surface area (Å²) in [6.45, 7) is 0. The molecule has 21 heavy (non-hydrogen) atoms. The summed E-state index contributed by atoms with van der Waals surface area (Å²) in [6, 6.07) is 12.7. The first kappa shape index (κ1) is 15.3. The van der Waals surface area contributed by atoms with Crippen LogP contribution >= 0.6 is 58.2 Å². The molecule has 1 heterocycles. The highest BCUT2D eigenvalue weighted by atomic mass is 35.6. The highest BCUT2D eigenvalue weighted by molar-refractivity contribution is 7.99. The van der Waals surface area contributed by atoms with E-state index in [1.165, 1.54) is 4.90 Å². The van der Waals surface area contributed by atoms with Gasteiger partial charge in [0.15, 0.2) is 0 Å². The molecule has 0 N–H and O–H groups in total. The second-order valence-corrected chi connectivity index (χ2v) is 8.12. The second-order valence-electron chi connectivity index (χ2n) is 4.32. The number of benzene rings is 2. The van der Waals surface area contributed by atoms with Gasteiger partial charge in [-0.3, -0.25) is 9.69 Å². The molecule has 108 valence electrons. The Morgan fingerprint density at radius 2 is 1.67 bits per heavy atom. The third-order valence-electron chi connectivity index (χ3n) is 2.93. The van der Waals surface area contributed by atoms with Crippen LogP contribution in [0.4, 0.5) is 11.4 Å². The maximum atomic E-state index is 12.5. The lowest BCUT2D eigenvalue weighted by Gasteiger charge is -2.32. The molecule has 1 amide bonds. The number of nitrogens with zero attached hydrogens (tertiary/aromatic N) is 1. The van der Waals surface area contributed by atoms with E-state index in [2.05, 4.69) is 0 Å². The lowest BCUT2D eigenvalue weighted by Crippen LogP contribution is -2.37.